The quantitative estimate of drug-likeness (QED) is 0.637. The molecule has 0 spiro atoms. The van der Waals surface area contributed by atoms with E-state index in [-0.39, 0.29) is 0 Å². The standard InChI is InChI=1S/C16H26N2/c17-16-10-8-15(9-11-16)7-3-6-14-18-12-4-1-2-5-13-18/h8-11H,1-7,12-14,17H2. The summed E-state index contributed by atoms with van der Waals surface area (Å²) in [6.45, 7) is 3.93. The molecule has 1 aliphatic heterocycles. The van der Waals surface area contributed by atoms with Gasteiger partial charge in [-0.05, 0) is 69.4 Å². The van der Waals surface area contributed by atoms with Crippen molar-refractivity contribution >= 4 is 5.69 Å². The Labute approximate surface area is 111 Å². The zero-order valence-electron chi connectivity index (χ0n) is 11.4. The molecule has 0 radical (unpaired) electrons. The van der Waals surface area contributed by atoms with Crippen molar-refractivity contribution in [3.63, 3.8) is 0 Å². The number of nitrogen functional groups attached to an aromatic ring is 1. The smallest absolute Gasteiger partial charge is 0.0314 e. The maximum atomic E-state index is 5.69. The van der Waals surface area contributed by atoms with E-state index in [2.05, 4.69) is 17.0 Å². The van der Waals surface area contributed by atoms with Gasteiger partial charge in [-0.15, -0.1) is 0 Å². The minimum Gasteiger partial charge on any atom is -0.399 e. The topological polar surface area (TPSA) is 29.3 Å². The van der Waals surface area contributed by atoms with Crippen LogP contribution in [0.3, 0.4) is 0 Å². The Morgan fingerprint density at radius 2 is 1.56 bits per heavy atom. The first-order chi connectivity index (χ1) is 8.84. The first-order valence-corrected chi connectivity index (χ1v) is 7.41. The Morgan fingerprint density at radius 3 is 2.22 bits per heavy atom. The molecule has 0 aliphatic carbocycles. The summed E-state index contributed by atoms with van der Waals surface area (Å²) in [5.74, 6) is 0. The number of rotatable bonds is 5. The summed E-state index contributed by atoms with van der Waals surface area (Å²) >= 11 is 0. The summed E-state index contributed by atoms with van der Waals surface area (Å²) < 4.78 is 0. The number of nitrogens with two attached hydrogens (primary N) is 1. The highest BCUT2D eigenvalue weighted by Gasteiger charge is 2.07. The third-order valence-electron chi connectivity index (χ3n) is 3.87. The molecule has 18 heavy (non-hydrogen) atoms. The molecule has 0 saturated carbocycles. The molecule has 2 N–H and O–H groups in total. The number of nitrogens with zero attached hydrogens (tertiary/aromatic N) is 1. The van der Waals surface area contributed by atoms with Crippen molar-refractivity contribution in [3.05, 3.63) is 29.8 Å². The summed E-state index contributed by atoms with van der Waals surface area (Å²) in [5.41, 5.74) is 7.97. The molecule has 2 heteroatoms. The molecular formula is C16H26N2. The van der Waals surface area contributed by atoms with Crippen LogP contribution in [0.25, 0.3) is 0 Å². The van der Waals surface area contributed by atoms with Crippen LogP contribution < -0.4 is 5.73 Å². The van der Waals surface area contributed by atoms with Gasteiger partial charge in [0.15, 0.2) is 0 Å². The molecular weight excluding hydrogens is 220 g/mol. The second-order valence-corrected chi connectivity index (χ2v) is 5.45. The van der Waals surface area contributed by atoms with Gasteiger partial charge >= 0.3 is 0 Å². The zero-order valence-corrected chi connectivity index (χ0v) is 11.4. The first kappa shape index (κ1) is 13.4. The number of aryl methyl sites for hydroxylation is 1. The van der Waals surface area contributed by atoms with Crippen LogP contribution in [0, 0.1) is 0 Å². The predicted molar refractivity (Wildman–Crippen MR) is 78.7 cm³/mol. The molecule has 1 fully saturated rings. The fourth-order valence-corrected chi connectivity index (χ4v) is 2.71. The van der Waals surface area contributed by atoms with Crippen molar-refractivity contribution < 1.29 is 0 Å². The van der Waals surface area contributed by atoms with Gasteiger partial charge in [-0.2, -0.15) is 0 Å². The molecule has 1 aromatic carbocycles. The third kappa shape index (κ3) is 4.69. The summed E-state index contributed by atoms with van der Waals surface area (Å²) in [4.78, 5) is 2.65. The monoisotopic (exact) mass is 246 g/mol. The number of likely N-dealkylation sites (tertiary alicyclic amines) is 1. The van der Waals surface area contributed by atoms with Crippen LogP contribution in [0.2, 0.25) is 0 Å². The van der Waals surface area contributed by atoms with Crippen LogP contribution in [0.4, 0.5) is 5.69 Å². The molecule has 1 saturated heterocycles. The Balaban J connectivity index is 1.61. The Hall–Kier alpha value is -1.02. The highest BCUT2D eigenvalue weighted by molar-refractivity contribution is 5.39. The SMILES string of the molecule is Nc1ccc(CCCCN2CCCCCC2)cc1. The maximum Gasteiger partial charge on any atom is 0.0314 e. The molecule has 1 aliphatic rings. The van der Waals surface area contributed by atoms with Gasteiger partial charge in [0.2, 0.25) is 0 Å². The molecule has 100 valence electrons. The summed E-state index contributed by atoms with van der Waals surface area (Å²) in [7, 11) is 0. The van der Waals surface area contributed by atoms with Gasteiger partial charge in [-0.3, -0.25) is 0 Å². The van der Waals surface area contributed by atoms with Gasteiger partial charge in [-0.25, -0.2) is 0 Å². The minimum atomic E-state index is 0.864. The molecule has 0 bridgehead atoms. The molecule has 2 rings (SSSR count). The van der Waals surface area contributed by atoms with Crippen molar-refractivity contribution in [1.29, 1.82) is 0 Å². The van der Waals surface area contributed by atoms with Crippen molar-refractivity contribution in [2.45, 2.75) is 44.9 Å². The number of hydrogen-bond donors (Lipinski definition) is 1. The number of unbranched alkanes of at least 4 members (excludes halogenated alkanes) is 1. The average Bonchev–Trinajstić information content (AvgIpc) is 2.65. The highest BCUT2D eigenvalue weighted by atomic mass is 15.1. The fourth-order valence-electron chi connectivity index (χ4n) is 2.71. The number of anilines is 1. The summed E-state index contributed by atoms with van der Waals surface area (Å²) in [6, 6.07) is 8.32. The second kappa shape index (κ2) is 7.42. The largest absolute Gasteiger partial charge is 0.399 e. The van der Waals surface area contributed by atoms with E-state index >= 15 is 0 Å². The number of hydrogen-bond acceptors (Lipinski definition) is 2. The van der Waals surface area contributed by atoms with Crippen molar-refractivity contribution in [2.24, 2.45) is 0 Å². The van der Waals surface area contributed by atoms with E-state index in [0.29, 0.717) is 0 Å². The lowest BCUT2D eigenvalue weighted by Gasteiger charge is -2.19. The van der Waals surface area contributed by atoms with Gasteiger partial charge in [0.1, 0.15) is 0 Å². The minimum absolute atomic E-state index is 0.864. The Bertz CT molecular complexity index is 323. The molecule has 0 aromatic heterocycles. The average molecular weight is 246 g/mol. The second-order valence-electron chi connectivity index (χ2n) is 5.45. The number of benzene rings is 1. The van der Waals surface area contributed by atoms with Crippen LogP contribution in [-0.4, -0.2) is 24.5 Å². The van der Waals surface area contributed by atoms with Gasteiger partial charge < -0.3 is 10.6 Å². The van der Waals surface area contributed by atoms with E-state index in [1.54, 1.807) is 0 Å². The normalized spacial score (nSPS) is 17.6. The van der Waals surface area contributed by atoms with Crippen LogP contribution in [0.1, 0.15) is 44.1 Å². The lowest BCUT2D eigenvalue weighted by molar-refractivity contribution is 0.279. The van der Waals surface area contributed by atoms with E-state index in [0.717, 1.165) is 5.69 Å². The van der Waals surface area contributed by atoms with Crippen LogP contribution in [-0.2, 0) is 6.42 Å². The fraction of sp³-hybridized carbons (Fsp3) is 0.625. The van der Waals surface area contributed by atoms with Gasteiger partial charge in [0.05, 0.1) is 0 Å². The van der Waals surface area contributed by atoms with E-state index in [9.17, 15) is 0 Å². The molecule has 2 nitrogen and oxygen atoms in total. The van der Waals surface area contributed by atoms with Crippen molar-refractivity contribution in [1.82, 2.24) is 4.90 Å². The van der Waals surface area contributed by atoms with Crippen molar-refractivity contribution in [2.75, 3.05) is 25.4 Å². The van der Waals surface area contributed by atoms with E-state index in [4.69, 9.17) is 5.73 Å². The van der Waals surface area contributed by atoms with Crippen LogP contribution >= 0.6 is 0 Å². The summed E-state index contributed by atoms with van der Waals surface area (Å²) in [6.07, 6.45) is 9.47. The molecule has 0 atom stereocenters. The summed E-state index contributed by atoms with van der Waals surface area (Å²) in [5, 5.41) is 0. The van der Waals surface area contributed by atoms with Gasteiger partial charge in [0.25, 0.3) is 0 Å². The van der Waals surface area contributed by atoms with E-state index in [1.807, 2.05) is 12.1 Å². The van der Waals surface area contributed by atoms with Gasteiger partial charge in [0, 0.05) is 5.69 Å². The highest BCUT2D eigenvalue weighted by Crippen LogP contribution is 2.12. The maximum absolute atomic E-state index is 5.69. The first-order valence-electron chi connectivity index (χ1n) is 7.41. The molecule has 1 aromatic rings. The predicted octanol–water partition coefficient (Wildman–Crippen LogP) is 3.47. The van der Waals surface area contributed by atoms with Gasteiger partial charge in [-0.1, -0.05) is 25.0 Å². The van der Waals surface area contributed by atoms with Crippen LogP contribution in [0.5, 0.6) is 0 Å². The Morgan fingerprint density at radius 1 is 0.889 bits per heavy atom. The molecule has 0 amide bonds. The molecule has 0 unspecified atom stereocenters. The zero-order chi connectivity index (χ0) is 12.6. The van der Waals surface area contributed by atoms with Crippen LogP contribution in [0.15, 0.2) is 24.3 Å². The van der Waals surface area contributed by atoms with E-state index in [1.165, 1.54) is 70.1 Å². The lowest BCUT2D eigenvalue weighted by atomic mass is 10.1. The van der Waals surface area contributed by atoms with E-state index < -0.39 is 0 Å². The Kier molecular flexibility index (Phi) is 5.53. The molecule has 1 heterocycles. The van der Waals surface area contributed by atoms with Crippen molar-refractivity contribution in [3.8, 4) is 0 Å². The lowest BCUT2D eigenvalue weighted by Crippen LogP contribution is -2.25. The third-order valence-corrected chi connectivity index (χ3v) is 3.87.